The van der Waals surface area contributed by atoms with Crippen molar-refractivity contribution in [3.8, 4) is 0 Å². The molecule has 27 heavy (non-hydrogen) atoms. The van der Waals surface area contributed by atoms with Crippen LogP contribution in [-0.2, 0) is 20.2 Å². The van der Waals surface area contributed by atoms with E-state index in [0.717, 1.165) is 24.1 Å². The monoisotopic (exact) mass is 425 g/mol. The van der Waals surface area contributed by atoms with Crippen LogP contribution in [-0.4, -0.2) is 26.4 Å². The summed E-state index contributed by atoms with van der Waals surface area (Å²) < 4.78 is 26.9. The maximum atomic E-state index is 13.3. The van der Waals surface area contributed by atoms with Gasteiger partial charge in [-0.1, -0.05) is 32.1 Å². The molecule has 2 N–H and O–H groups in total. The van der Waals surface area contributed by atoms with E-state index in [9.17, 15) is 13.2 Å². The highest BCUT2D eigenvalue weighted by molar-refractivity contribution is 7.91. The van der Waals surface area contributed by atoms with E-state index >= 15 is 0 Å². The van der Waals surface area contributed by atoms with Gasteiger partial charge in [0, 0.05) is 16.5 Å². The number of sulfonamides is 1. The van der Waals surface area contributed by atoms with Crippen molar-refractivity contribution in [1.29, 1.82) is 0 Å². The summed E-state index contributed by atoms with van der Waals surface area (Å²) in [5.41, 5.74) is -0.625. The van der Waals surface area contributed by atoms with E-state index in [1.165, 1.54) is 49.0 Å². The molecule has 0 aromatic carbocycles. The van der Waals surface area contributed by atoms with Gasteiger partial charge >= 0.3 is 0 Å². The summed E-state index contributed by atoms with van der Waals surface area (Å²) in [7, 11) is -2.10. The van der Waals surface area contributed by atoms with Gasteiger partial charge in [0.1, 0.15) is 4.21 Å². The van der Waals surface area contributed by atoms with Crippen molar-refractivity contribution in [1.82, 2.24) is 9.71 Å². The van der Waals surface area contributed by atoms with Crippen molar-refractivity contribution in [2.45, 2.75) is 48.1 Å². The molecule has 2 atom stereocenters. The van der Waals surface area contributed by atoms with E-state index in [0.29, 0.717) is 11.0 Å². The van der Waals surface area contributed by atoms with Crippen LogP contribution >= 0.6 is 22.7 Å². The Morgan fingerprint density at radius 2 is 2.04 bits per heavy atom. The lowest BCUT2D eigenvalue weighted by Gasteiger charge is -2.25. The van der Waals surface area contributed by atoms with Gasteiger partial charge in [-0.25, -0.2) is 18.1 Å². The van der Waals surface area contributed by atoms with Crippen molar-refractivity contribution in [2.75, 3.05) is 12.4 Å². The number of nitrogens with zero attached hydrogens (tertiary/aromatic N) is 1. The summed E-state index contributed by atoms with van der Waals surface area (Å²) in [4.78, 5) is 18.3. The minimum absolute atomic E-state index is 0.0525. The Morgan fingerprint density at radius 3 is 2.70 bits per heavy atom. The molecule has 0 bridgehead atoms. The van der Waals surface area contributed by atoms with Gasteiger partial charge in [-0.15, -0.1) is 22.7 Å². The van der Waals surface area contributed by atoms with Crippen LogP contribution in [0.15, 0.2) is 27.9 Å². The SMILES string of the molecule is CNS(=O)(=O)c1ccc(C2(C(=O)Nc3nccs3)CC2C2CCCCC2)s1. The van der Waals surface area contributed by atoms with Crippen molar-refractivity contribution < 1.29 is 13.2 Å². The molecule has 2 fully saturated rings. The van der Waals surface area contributed by atoms with Gasteiger partial charge in [0.05, 0.1) is 5.41 Å². The molecule has 9 heteroatoms. The third-order valence-electron chi connectivity index (χ3n) is 5.85. The maximum absolute atomic E-state index is 13.3. The minimum Gasteiger partial charge on any atom is -0.301 e. The second kappa shape index (κ2) is 7.27. The lowest BCUT2D eigenvalue weighted by Crippen LogP contribution is -2.31. The number of carbonyl (C=O) groups excluding carboxylic acids is 1. The smallest absolute Gasteiger partial charge is 0.249 e. The van der Waals surface area contributed by atoms with Gasteiger partial charge in [0.15, 0.2) is 5.13 Å². The van der Waals surface area contributed by atoms with Gasteiger partial charge in [-0.05, 0) is 37.4 Å². The second-order valence-corrected chi connectivity index (χ2v) is 11.4. The number of rotatable bonds is 6. The van der Waals surface area contributed by atoms with E-state index in [2.05, 4.69) is 15.0 Å². The van der Waals surface area contributed by atoms with Crippen LogP contribution in [0, 0.1) is 11.8 Å². The number of anilines is 1. The third-order valence-corrected chi connectivity index (χ3v) is 9.70. The van der Waals surface area contributed by atoms with Crippen LogP contribution in [0.4, 0.5) is 5.13 Å². The van der Waals surface area contributed by atoms with Gasteiger partial charge in [-0.3, -0.25) is 4.79 Å². The maximum Gasteiger partial charge on any atom is 0.249 e. The van der Waals surface area contributed by atoms with Crippen LogP contribution in [0.2, 0.25) is 0 Å². The predicted octanol–water partition coefficient (Wildman–Crippen LogP) is 3.59. The quantitative estimate of drug-likeness (QED) is 0.740. The summed E-state index contributed by atoms with van der Waals surface area (Å²) in [6.07, 6.45) is 8.47. The number of thiazole rings is 1. The molecule has 2 saturated carbocycles. The topological polar surface area (TPSA) is 88.2 Å². The molecule has 2 aromatic heterocycles. The number of thiophene rings is 1. The molecule has 146 valence electrons. The highest BCUT2D eigenvalue weighted by Gasteiger charge is 2.64. The molecular weight excluding hydrogens is 402 g/mol. The second-order valence-electron chi connectivity index (χ2n) is 7.30. The lowest BCUT2D eigenvalue weighted by molar-refractivity contribution is -0.119. The van der Waals surface area contributed by atoms with Crippen LogP contribution in [0.25, 0.3) is 0 Å². The average molecular weight is 426 g/mol. The first kappa shape index (κ1) is 19.0. The Morgan fingerprint density at radius 1 is 1.26 bits per heavy atom. The molecule has 0 spiro atoms. The molecule has 2 aliphatic rings. The molecule has 6 nitrogen and oxygen atoms in total. The molecule has 2 heterocycles. The number of aromatic nitrogens is 1. The molecule has 2 unspecified atom stereocenters. The van der Waals surface area contributed by atoms with Crippen LogP contribution in [0.5, 0.6) is 0 Å². The fourth-order valence-corrected chi connectivity index (χ4v) is 7.28. The zero-order valence-electron chi connectivity index (χ0n) is 15.1. The van der Waals surface area contributed by atoms with Crippen LogP contribution in [0.3, 0.4) is 0 Å². The number of amides is 1. The molecule has 4 rings (SSSR count). The lowest BCUT2D eigenvalue weighted by atomic mass is 9.82. The van der Waals surface area contributed by atoms with Gasteiger partial charge in [0.25, 0.3) is 0 Å². The first-order valence-corrected chi connectivity index (χ1v) is 12.4. The highest BCUT2D eigenvalue weighted by Crippen LogP contribution is 2.62. The molecule has 2 aromatic rings. The molecule has 0 aliphatic heterocycles. The van der Waals surface area contributed by atoms with Gasteiger partial charge < -0.3 is 5.32 Å². The Labute approximate surface area is 167 Å². The highest BCUT2D eigenvalue weighted by atomic mass is 32.2. The van der Waals surface area contributed by atoms with Crippen molar-refractivity contribution in [2.24, 2.45) is 11.8 Å². The first-order valence-electron chi connectivity index (χ1n) is 9.22. The van der Waals surface area contributed by atoms with Crippen LogP contribution < -0.4 is 10.0 Å². The fourth-order valence-electron chi connectivity index (χ4n) is 4.35. The molecule has 1 amide bonds. The number of carbonyl (C=O) groups is 1. The summed E-state index contributed by atoms with van der Waals surface area (Å²) in [6, 6.07) is 3.43. The molecule has 2 aliphatic carbocycles. The zero-order valence-corrected chi connectivity index (χ0v) is 17.6. The predicted molar refractivity (Wildman–Crippen MR) is 108 cm³/mol. The average Bonchev–Trinajstić information content (AvgIpc) is 3.03. The molecule has 0 radical (unpaired) electrons. The Hall–Kier alpha value is -1.29. The normalized spacial score (nSPS) is 26.0. The van der Waals surface area contributed by atoms with Crippen molar-refractivity contribution in [3.63, 3.8) is 0 Å². The van der Waals surface area contributed by atoms with E-state index in [1.807, 2.05) is 11.4 Å². The molecule has 0 saturated heterocycles. The Kier molecular flexibility index (Phi) is 5.13. The van der Waals surface area contributed by atoms with Crippen molar-refractivity contribution in [3.05, 3.63) is 28.6 Å². The van der Waals surface area contributed by atoms with Gasteiger partial charge in [0.2, 0.25) is 15.9 Å². The van der Waals surface area contributed by atoms with E-state index < -0.39 is 15.4 Å². The Bertz CT molecular complexity index is 917. The van der Waals surface area contributed by atoms with Crippen molar-refractivity contribution >= 4 is 43.7 Å². The van der Waals surface area contributed by atoms with Gasteiger partial charge in [-0.2, -0.15) is 0 Å². The third kappa shape index (κ3) is 3.46. The summed E-state index contributed by atoms with van der Waals surface area (Å²) >= 11 is 2.61. The van der Waals surface area contributed by atoms with E-state index in [-0.39, 0.29) is 16.0 Å². The standard InChI is InChI=1S/C18H23N3O3S3/c1-19-27(23,24)15-8-7-14(26-15)18(16(22)21-17-20-9-10-25-17)11-13(18)12-5-3-2-4-6-12/h7-10,12-13,19H,2-6,11H2,1H3,(H,20,21,22). The summed E-state index contributed by atoms with van der Waals surface area (Å²) in [5.74, 6) is 0.761. The van der Waals surface area contributed by atoms with E-state index in [1.54, 1.807) is 12.3 Å². The summed E-state index contributed by atoms with van der Waals surface area (Å²) in [5, 5.41) is 5.39. The first-order chi connectivity index (χ1) is 13.0. The van der Waals surface area contributed by atoms with E-state index in [4.69, 9.17) is 0 Å². The molecular formula is C18H23N3O3S3. The zero-order chi connectivity index (χ0) is 19.1. The van der Waals surface area contributed by atoms with Crippen LogP contribution in [0.1, 0.15) is 43.4 Å². The number of nitrogens with one attached hydrogen (secondary N) is 2. The number of hydrogen-bond donors (Lipinski definition) is 2. The largest absolute Gasteiger partial charge is 0.301 e. The fraction of sp³-hybridized carbons (Fsp3) is 0.556. The Balaban J connectivity index is 1.66. The summed E-state index contributed by atoms with van der Waals surface area (Å²) in [6.45, 7) is 0. The number of hydrogen-bond acceptors (Lipinski definition) is 6. The minimum atomic E-state index is -3.50.